The van der Waals surface area contributed by atoms with Gasteiger partial charge in [-0.2, -0.15) is 11.8 Å². The van der Waals surface area contributed by atoms with E-state index in [9.17, 15) is 4.79 Å². The zero-order chi connectivity index (χ0) is 17.4. The fraction of sp³-hybridized carbons (Fsp3) is 0.235. The van der Waals surface area contributed by atoms with Crippen LogP contribution in [0.5, 0.6) is 5.75 Å². The molecule has 0 spiro atoms. The van der Waals surface area contributed by atoms with Crippen molar-refractivity contribution in [2.75, 3.05) is 24.7 Å². The number of amides is 2. The van der Waals surface area contributed by atoms with Crippen LogP contribution in [0.15, 0.2) is 42.5 Å². The number of carbonyl (C=O) groups is 1. The van der Waals surface area contributed by atoms with Gasteiger partial charge < -0.3 is 15.4 Å². The number of urea groups is 1. The van der Waals surface area contributed by atoms with Gasteiger partial charge in [0.2, 0.25) is 0 Å². The van der Waals surface area contributed by atoms with Crippen molar-refractivity contribution in [2.24, 2.45) is 0 Å². The topological polar surface area (TPSA) is 50.4 Å². The molecule has 2 amide bonds. The highest BCUT2D eigenvalue weighted by atomic mass is 35.5. The lowest BCUT2D eigenvalue weighted by molar-refractivity contribution is 0.252. The monoisotopic (exact) mass is 384 g/mol. The maximum Gasteiger partial charge on any atom is 0.319 e. The van der Waals surface area contributed by atoms with Gasteiger partial charge in [0.05, 0.1) is 22.8 Å². The summed E-state index contributed by atoms with van der Waals surface area (Å²) in [5.74, 6) is 2.23. The Labute approximate surface area is 155 Å². The molecular formula is C17H18Cl2N2O2S. The van der Waals surface area contributed by atoms with Crippen LogP contribution in [0.1, 0.15) is 5.56 Å². The Morgan fingerprint density at radius 1 is 1.17 bits per heavy atom. The lowest BCUT2D eigenvalue weighted by atomic mass is 10.2. The minimum Gasteiger partial charge on any atom is -0.495 e. The van der Waals surface area contributed by atoms with E-state index in [4.69, 9.17) is 27.9 Å². The van der Waals surface area contributed by atoms with Crippen LogP contribution in [0.25, 0.3) is 0 Å². The summed E-state index contributed by atoms with van der Waals surface area (Å²) in [6, 6.07) is 12.6. The number of thioether (sulfide) groups is 1. The SMILES string of the molecule is COc1ccccc1NC(=O)NCCSCc1ccc(Cl)c(Cl)c1. The second kappa shape index (κ2) is 9.67. The first-order chi connectivity index (χ1) is 11.6. The van der Waals surface area contributed by atoms with E-state index in [1.807, 2.05) is 24.3 Å². The van der Waals surface area contributed by atoms with Crippen LogP contribution < -0.4 is 15.4 Å². The van der Waals surface area contributed by atoms with Crippen molar-refractivity contribution in [3.8, 4) is 5.75 Å². The molecule has 0 unspecified atom stereocenters. The van der Waals surface area contributed by atoms with Crippen LogP contribution in [-0.2, 0) is 5.75 Å². The fourth-order valence-corrected chi connectivity index (χ4v) is 3.10. The molecule has 0 aromatic heterocycles. The molecule has 0 saturated carbocycles. The van der Waals surface area contributed by atoms with Gasteiger partial charge in [-0.05, 0) is 29.8 Å². The smallest absolute Gasteiger partial charge is 0.319 e. The first-order valence-electron chi connectivity index (χ1n) is 7.29. The van der Waals surface area contributed by atoms with E-state index in [0.717, 1.165) is 17.1 Å². The zero-order valence-electron chi connectivity index (χ0n) is 13.1. The number of para-hydroxylation sites is 2. The predicted molar refractivity (Wildman–Crippen MR) is 103 cm³/mol. The predicted octanol–water partition coefficient (Wildman–Crippen LogP) is 5.06. The molecule has 2 aromatic carbocycles. The molecular weight excluding hydrogens is 367 g/mol. The molecule has 128 valence electrons. The maximum atomic E-state index is 11.9. The number of halogens is 2. The number of ether oxygens (including phenoxy) is 1. The summed E-state index contributed by atoms with van der Waals surface area (Å²) in [5, 5.41) is 6.70. The molecule has 0 saturated heterocycles. The van der Waals surface area contributed by atoms with Gasteiger partial charge in [0.1, 0.15) is 5.75 Å². The molecule has 0 heterocycles. The molecule has 0 aliphatic carbocycles. The molecule has 4 nitrogen and oxygen atoms in total. The van der Waals surface area contributed by atoms with E-state index in [1.54, 1.807) is 37.1 Å². The summed E-state index contributed by atoms with van der Waals surface area (Å²) < 4.78 is 5.19. The van der Waals surface area contributed by atoms with Crippen LogP contribution in [-0.4, -0.2) is 25.4 Å². The van der Waals surface area contributed by atoms with Crippen molar-refractivity contribution in [3.63, 3.8) is 0 Å². The zero-order valence-corrected chi connectivity index (χ0v) is 15.5. The van der Waals surface area contributed by atoms with Crippen molar-refractivity contribution in [2.45, 2.75) is 5.75 Å². The third-order valence-corrected chi connectivity index (χ3v) is 4.91. The summed E-state index contributed by atoms with van der Waals surface area (Å²) in [5.41, 5.74) is 1.74. The average Bonchev–Trinajstić information content (AvgIpc) is 2.58. The van der Waals surface area contributed by atoms with Gasteiger partial charge in [-0.1, -0.05) is 41.4 Å². The minimum atomic E-state index is -0.255. The number of benzene rings is 2. The maximum absolute atomic E-state index is 11.9. The number of rotatable bonds is 7. The van der Waals surface area contributed by atoms with Crippen LogP contribution in [0.3, 0.4) is 0 Å². The Balaban J connectivity index is 1.68. The van der Waals surface area contributed by atoms with Gasteiger partial charge in [0.15, 0.2) is 0 Å². The van der Waals surface area contributed by atoms with Crippen molar-refractivity contribution >= 4 is 46.7 Å². The molecule has 24 heavy (non-hydrogen) atoms. The van der Waals surface area contributed by atoms with E-state index in [2.05, 4.69) is 10.6 Å². The van der Waals surface area contributed by atoms with Gasteiger partial charge in [-0.25, -0.2) is 4.79 Å². The summed E-state index contributed by atoms with van der Waals surface area (Å²) in [6.45, 7) is 0.562. The first kappa shape index (κ1) is 18.8. The van der Waals surface area contributed by atoms with Crippen molar-refractivity contribution in [3.05, 3.63) is 58.1 Å². The second-order valence-electron chi connectivity index (χ2n) is 4.88. The number of hydrogen-bond acceptors (Lipinski definition) is 3. The second-order valence-corrected chi connectivity index (χ2v) is 6.80. The van der Waals surface area contributed by atoms with Crippen molar-refractivity contribution < 1.29 is 9.53 Å². The minimum absolute atomic E-state index is 0.255. The van der Waals surface area contributed by atoms with Crippen LogP contribution in [0.4, 0.5) is 10.5 Å². The summed E-state index contributed by atoms with van der Waals surface area (Å²) >= 11 is 13.6. The largest absolute Gasteiger partial charge is 0.495 e. The van der Waals surface area contributed by atoms with Gasteiger partial charge in [-0.15, -0.1) is 0 Å². The Hall–Kier alpha value is -1.56. The highest BCUT2D eigenvalue weighted by Gasteiger charge is 2.06. The molecule has 0 fully saturated rings. The Morgan fingerprint density at radius 3 is 2.71 bits per heavy atom. The summed E-state index contributed by atoms with van der Waals surface area (Å²) in [6.07, 6.45) is 0. The average molecular weight is 385 g/mol. The van der Waals surface area contributed by atoms with Gasteiger partial charge >= 0.3 is 6.03 Å². The molecule has 2 N–H and O–H groups in total. The molecule has 2 rings (SSSR count). The van der Waals surface area contributed by atoms with Crippen LogP contribution in [0.2, 0.25) is 10.0 Å². The van der Waals surface area contributed by atoms with Crippen molar-refractivity contribution in [1.82, 2.24) is 5.32 Å². The number of nitrogens with one attached hydrogen (secondary N) is 2. The Morgan fingerprint density at radius 2 is 1.96 bits per heavy atom. The number of carbonyl (C=O) groups excluding carboxylic acids is 1. The number of anilines is 1. The normalized spacial score (nSPS) is 10.3. The molecule has 0 aliphatic rings. The first-order valence-corrected chi connectivity index (χ1v) is 9.20. The third kappa shape index (κ3) is 5.82. The van der Waals surface area contributed by atoms with Crippen LogP contribution in [0, 0.1) is 0 Å². The van der Waals surface area contributed by atoms with Gasteiger partial charge in [-0.3, -0.25) is 0 Å². The highest BCUT2D eigenvalue weighted by molar-refractivity contribution is 7.98. The highest BCUT2D eigenvalue weighted by Crippen LogP contribution is 2.25. The fourth-order valence-electron chi connectivity index (χ4n) is 1.97. The van der Waals surface area contributed by atoms with E-state index in [-0.39, 0.29) is 6.03 Å². The Kier molecular flexibility index (Phi) is 7.56. The quantitative estimate of drug-likeness (QED) is 0.656. The van der Waals surface area contributed by atoms with E-state index in [0.29, 0.717) is 28.0 Å². The van der Waals surface area contributed by atoms with E-state index in [1.165, 1.54) is 0 Å². The van der Waals surface area contributed by atoms with Crippen LogP contribution >= 0.6 is 35.0 Å². The Bertz CT molecular complexity index is 698. The number of hydrogen-bond donors (Lipinski definition) is 2. The molecule has 0 atom stereocenters. The lowest BCUT2D eigenvalue weighted by Crippen LogP contribution is -2.30. The van der Waals surface area contributed by atoms with E-state index < -0.39 is 0 Å². The van der Waals surface area contributed by atoms with Gasteiger partial charge in [0, 0.05) is 18.1 Å². The molecule has 0 bridgehead atoms. The summed E-state index contributed by atoms with van der Waals surface area (Å²) in [7, 11) is 1.57. The molecule has 2 aromatic rings. The third-order valence-electron chi connectivity index (χ3n) is 3.14. The van der Waals surface area contributed by atoms with Crippen molar-refractivity contribution in [1.29, 1.82) is 0 Å². The summed E-state index contributed by atoms with van der Waals surface area (Å²) in [4.78, 5) is 11.9. The molecule has 0 aliphatic heterocycles. The lowest BCUT2D eigenvalue weighted by Gasteiger charge is -2.10. The molecule has 0 radical (unpaired) electrons. The van der Waals surface area contributed by atoms with Gasteiger partial charge in [0.25, 0.3) is 0 Å². The number of methoxy groups -OCH3 is 1. The molecule has 7 heteroatoms. The standard InChI is InChI=1S/C17H18Cl2N2O2S/c1-23-16-5-3-2-4-15(16)21-17(22)20-8-9-24-11-12-6-7-13(18)14(19)10-12/h2-7,10H,8-9,11H2,1H3,(H2,20,21,22). The van der Waals surface area contributed by atoms with E-state index >= 15 is 0 Å².